The third-order valence-corrected chi connectivity index (χ3v) is 4.15. The number of carbonyl (C=O) groups excluding carboxylic acids is 1. The highest BCUT2D eigenvalue weighted by Gasteiger charge is 2.27. The van der Waals surface area contributed by atoms with E-state index < -0.39 is 0 Å². The van der Waals surface area contributed by atoms with Gasteiger partial charge in [0.05, 0.1) is 31.2 Å². The predicted octanol–water partition coefficient (Wildman–Crippen LogP) is 0.248. The number of ether oxygens (including phenoxy) is 1. The summed E-state index contributed by atoms with van der Waals surface area (Å²) in [6, 6.07) is 5.60. The van der Waals surface area contributed by atoms with E-state index >= 15 is 0 Å². The molecule has 0 atom stereocenters. The molecule has 3 rings (SSSR count). The Hall–Kier alpha value is -3.10. The Labute approximate surface area is 152 Å². The molecule has 0 radical (unpaired) electrons. The Balaban J connectivity index is 1.60. The van der Waals surface area contributed by atoms with Crippen molar-refractivity contribution < 1.29 is 9.53 Å². The molecule has 1 amide bonds. The summed E-state index contributed by atoms with van der Waals surface area (Å²) >= 11 is 0. The number of hydrogen-bond donors (Lipinski definition) is 1. The van der Waals surface area contributed by atoms with Gasteiger partial charge in [-0.15, -0.1) is 0 Å². The van der Waals surface area contributed by atoms with E-state index in [0.29, 0.717) is 31.5 Å². The minimum Gasteiger partial charge on any atom is -0.481 e. The van der Waals surface area contributed by atoms with Gasteiger partial charge in [0.1, 0.15) is 6.54 Å². The minimum atomic E-state index is 0.0201. The van der Waals surface area contributed by atoms with Crippen molar-refractivity contribution in [3.8, 4) is 5.88 Å². The fourth-order valence-corrected chi connectivity index (χ4v) is 2.85. The molecule has 3 heterocycles. The van der Waals surface area contributed by atoms with Crippen LogP contribution in [0.1, 0.15) is 5.69 Å². The average Bonchev–Trinajstić information content (AvgIpc) is 3.08. The zero-order valence-corrected chi connectivity index (χ0v) is 15.2. The van der Waals surface area contributed by atoms with Crippen LogP contribution in [-0.2, 0) is 18.4 Å². The first kappa shape index (κ1) is 17.7. The van der Waals surface area contributed by atoms with Gasteiger partial charge in [-0.3, -0.25) is 14.5 Å². The average molecular weight is 357 g/mol. The summed E-state index contributed by atoms with van der Waals surface area (Å²) in [5.74, 6) is 1.26. The van der Waals surface area contributed by atoms with E-state index in [1.54, 1.807) is 36.0 Å². The number of pyridine rings is 1. The molecule has 9 nitrogen and oxygen atoms in total. The van der Waals surface area contributed by atoms with E-state index in [4.69, 9.17) is 4.74 Å². The highest BCUT2D eigenvalue weighted by molar-refractivity contribution is 5.98. The molecule has 1 aliphatic heterocycles. The summed E-state index contributed by atoms with van der Waals surface area (Å²) in [7, 11) is 5.13. The van der Waals surface area contributed by atoms with Crippen LogP contribution in [0, 0.1) is 0 Å². The molecule has 0 saturated carbocycles. The van der Waals surface area contributed by atoms with Crippen LogP contribution in [-0.4, -0.2) is 65.3 Å². The lowest BCUT2D eigenvalue weighted by molar-refractivity contribution is -0.120. The molecule has 9 heteroatoms. The van der Waals surface area contributed by atoms with Crippen molar-refractivity contribution in [3.05, 3.63) is 36.3 Å². The van der Waals surface area contributed by atoms with Gasteiger partial charge in [-0.1, -0.05) is 6.07 Å². The first-order valence-electron chi connectivity index (χ1n) is 8.35. The van der Waals surface area contributed by atoms with Gasteiger partial charge >= 0.3 is 0 Å². The normalized spacial score (nSPS) is 15.3. The van der Waals surface area contributed by atoms with Crippen LogP contribution in [0.3, 0.4) is 0 Å². The second-order valence-corrected chi connectivity index (χ2v) is 5.91. The Bertz CT molecular complexity index is 802. The number of aryl methyl sites for hydroxylation is 1. The zero-order chi connectivity index (χ0) is 18.5. The number of carbonyl (C=O) groups is 1. The van der Waals surface area contributed by atoms with E-state index in [1.165, 1.54) is 0 Å². The monoisotopic (exact) mass is 357 g/mol. The summed E-state index contributed by atoms with van der Waals surface area (Å²) in [4.78, 5) is 24.9. The fraction of sp³-hybridized carbons (Fsp3) is 0.412. The van der Waals surface area contributed by atoms with Crippen LogP contribution in [0.2, 0.25) is 0 Å². The molecule has 0 aromatic carbocycles. The number of methoxy groups -OCH3 is 1. The van der Waals surface area contributed by atoms with Gasteiger partial charge in [0.15, 0.2) is 5.96 Å². The number of aromatic nitrogens is 3. The Morgan fingerprint density at radius 1 is 1.38 bits per heavy atom. The Kier molecular flexibility index (Phi) is 5.35. The summed E-state index contributed by atoms with van der Waals surface area (Å²) in [5, 5.41) is 7.39. The van der Waals surface area contributed by atoms with Gasteiger partial charge in [-0.2, -0.15) is 5.10 Å². The van der Waals surface area contributed by atoms with Crippen molar-refractivity contribution in [2.75, 3.05) is 38.7 Å². The van der Waals surface area contributed by atoms with Crippen molar-refractivity contribution in [2.24, 2.45) is 12.0 Å². The summed E-state index contributed by atoms with van der Waals surface area (Å²) in [6.45, 7) is 2.04. The van der Waals surface area contributed by atoms with Crippen molar-refractivity contribution in [1.29, 1.82) is 0 Å². The number of hydrogen-bond acceptors (Lipinski definition) is 5. The number of piperazine rings is 1. The number of anilines is 1. The first-order valence-corrected chi connectivity index (χ1v) is 8.35. The molecular formula is C17H23N7O2. The molecule has 2 aromatic heterocycles. The Morgan fingerprint density at radius 2 is 2.23 bits per heavy atom. The first-order chi connectivity index (χ1) is 12.6. The second kappa shape index (κ2) is 7.85. The molecule has 1 aliphatic rings. The number of aliphatic imine (C=N–C) groups is 1. The highest BCUT2D eigenvalue weighted by atomic mass is 16.5. The van der Waals surface area contributed by atoms with E-state index in [9.17, 15) is 4.79 Å². The van der Waals surface area contributed by atoms with Crippen LogP contribution in [0.15, 0.2) is 35.6 Å². The van der Waals surface area contributed by atoms with Gasteiger partial charge < -0.3 is 19.9 Å². The van der Waals surface area contributed by atoms with Crippen molar-refractivity contribution in [2.45, 2.75) is 6.54 Å². The second-order valence-electron chi connectivity index (χ2n) is 5.91. The zero-order valence-electron chi connectivity index (χ0n) is 15.2. The third-order valence-electron chi connectivity index (χ3n) is 4.15. The predicted molar refractivity (Wildman–Crippen MR) is 98.1 cm³/mol. The molecule has 0 aliphatic carbocycles. The molecule has 26 heavy (non-hydrogen) atoms. The maximum atomic E-state index is 12.5. The topological polar surface area (TPSA) is 87.9 Å². The van der Waals surface area contributed by atoms with Crippen LogP contribution in [0.5, 0.6) is 5.88 Å². The standard InChI is InChI=1S/C17H23N7O2/c1-18-17(19-9-13-5-4-6-15(21-13)26-3)23-7-8-24(16(25)12-23)14-10-20-22(2)11-14/h4-6,10-11H,7-9,12H2,1-3H3,(H,18,19). The molecule has 0 bridgehead atoms. The third kappa shape index (κ3) is 3.93. The quantitative estimate of drug-likeness (QED) is 0.623. The molecule has 0 unspecified atom stereocenters. The molecule has 0 spiro atoms. The van der Waals surface area contributed by atoms with Crippen molar-refractivity contribution >= 4 is 17.6 Å². The Morgan fingerprint density at radius 3 is 2.88 bits per heavy atom. The van der Waals surface area contributed by atoms with Crippen LogP contribution in [0.4, 0.5) is 5.69 Å². The van der Waals surface area contributed by atoms with Gasteiger partial charge in [0.25, 0.3) is 0 Å². The van der Waals surface area contributed by atoms with Gasteiger partial charge in [-0.25, -0.2) is 4.98 Å². The van der Waals surface area contributed by atoms with Gasteiger partial charge in [0, 0.05) is 39.4 Å². The number of guanidine groups is 1. The summed E-state index contributed by atoms with van der Waals surface area (Å²) in [5.41, 5.74) is 1.66. The minimum absolute atomic E-state index is 0.0201. The molecular weight excluding hydrogens is 334 g/mol. The molecule has 2 aromatic rings. The smallest absolute Gasteiger partial charge is 0.246 e. The van der Waals surface area contributed by atoms with E-state index in [1.807, 2.05) is 30.3 Å². The van der Waals surface area contributed by atoms with Gasteiger partial charge in [0.2, 0.25) is 11.8 Å². The lowest BCUT2D eigenvalue weighted by Crippen LogP contribution is -2.55. The van der Waals surface area contributed by atoms with Crippen LogP contribution in [0.25, 0.3) is 0 Å². The fourth-order valence-electron chi connectivity index (χ4n) is 2.85. The van der Waals surface area contributed by atoms with E-state index in [-0.39, 0.29) is 12.5 Å². The van der Waals surface area contributed by atoms with Crippen molar-refractivity contribution in [3.63, 3.8) is 0 Å². The SMILES string of the molecule is CN=C(NCc1cccc(OC)n1)N1CCN(c2cnn(C)c2)C(=O)C1. The molecule has 138 valence electrons. The number of rotatable bonds is 4. The maximum Gasteiger partial charge on any atom is 0.246 e. The summed E-state index contributed by atoms with van der Waals surface area (Å²) < 4.78 is 6.83. The number of amides is 1. The van der Waals surface area contributed by atoms with Crippen LogP contribution < -0.4 is 15.0 Å². The largest absolute Gasteiger partial charge is 0.481 e. The van der Waals surface area contributed by atoms with Crippen molar-refractivity contribution in [1.82, 2.24) is 25.0 Å². The molecule has 1 N–H and O–H groups in total. The summed E-state index contributed by atoms with van der Waals surface area (Å²) in [6.07, 6.45) is 3.55. The number of nitrogens with one attached hydrogen (secondary N) is 1. The van der Waals surface area contributed by atoms with Gasteiger partial charge in [-0.05, 0) is 6.07 Å². The van der Waals surface area contributed by atoms with E-state index in [2.05, 4.69) is 20.4 Å². The highest BCUT2D eigenvalue weighted by Crippen LogP contribution is 2.16. The maximum absolute atomic E-state index is 12.5. The molecule has 1 saturated heterocycles. The lowest BCUT2D eigenvalue weighted by Gasteiger charge is -2.35. The van der Waals surface area contributed by atoms with Crippen LogP contribution >= 0.6 is 0 Å². The van der Waals surface area contributed by atoms with E-state index in [0.717, 1.165) is 11.4 Å². The molecule has 1 fully saturated rings. The number of nitrogens with zero attached hydrogens (tertiary/aromatic N) is 6. The lowest BCUT2D eigenvalue weighted by atomic mass is 10.3.